The van der Waals surface area contributed by atoms with Gasteiger partial charge in [-0.05, 0) is 0 Å². The van der Waals surface area contributed by atoms with E-state index >= 15 is 0 Å². The van der Waals surface area contributed by atoms with Crippen LogP contribution in [0, 0.1) is 0 Å². The normalized spacial score (nSPS) is 13.4. The fourth-order valence-corrected chi connectivity index (χ4v) is 10.9. The molecule has 23 heavy (non-hydrogen) atoms. The van der Waals surface area contributed by atoms with Crippen molar-refractivity contribution in [3.8, 4) is 0 Å². The van der Waals surface area contributed by atoms with Crippen molar-refractivity contribution in [3.05, 3.63) is 42.0 Å². The van der Waals surface area contributed by atoms with Crippen molar-refractivity contribution >= 4 is 34.0 Å². The van der Waals surface area contributed by atoms with E-state index in [1.54, 1.807) is 0 Å². The van der Waals surface area contributed by atoms with Gasteiger partial charge in [-0.15, -0.1) is 0 Å². The summed E-state index contributed by atoms with van der Waals surface area (Å²) in [5.74, 6) is 0. The van der Waals surface area contributed by atoms with E-state index < -0.39 is 19.6 Å². The first-order valence-electron chi connectivity index (χ1n) is 8.28. The molecule has 2 aromatic rings. The first-order valence-corrected chi connectivity index (χ1v) is 13.2. The zero-order valence-corrected chi connectivity index (χ0v) is 17.3. The van der Waals surface area contributed by atoms with Crippen molar-refractivity contribution in [2.45, 2.75) is 33.7 Å². The van der Waals surface area contributed by atoms with E-state index in [-0.39, 0.29) is 6.04 Å². The average molecular weight is 424 g/mol. The first kappa shape index (κ1) is 18.7. The SMILES string of the molecule is CC[O][Sn]([O]CC)([O]CC)[c]1cc2ccccc2cc1C(C)N. The van der Waals surface area contributed by atoms with Gasteiger partial charge in [-0.25, -0.2) is 0 Å². The zero-order chi connectivity index (χ0) is 16.9. The summed E-state index contributed by atoms with van der Waals surface area (Å²) in [7, 11) is 0. The van der Waals surface area contributed by atoms with Crippen molar-refractivity contribution in [2.75, 3.05) is 19.8 Å². The van der Waals surface area contributed by atoms with Crippen LogP contribution in [0.25, 0.3) is 10.8 Å². The number of rotatable bonds is 8. The second kappa shape index (κ2) is 8.44. The molecule has 0 fully saturated rings. The summed E-state index contributed by atoms with van der Waals surface area (Å²) >= 11 is -3.88. The molecule has 0 aliphatic carbocycles. The molecule has 1 unspecified atom stereocenters. The van der Waals surface area contributed by atoms with Gasteiger partial charge in [-0.1, -0.05) is 0 Å². The number of benzene rings is 2. The Hall–Kier alpha value is -0.661. The fraction of sp³-hybridized carbons (Fsp3) is 0.444. The van der Waals surface area contributed by atoms with Crippen LogP contribution in [-0.4, -0.2) is 39.4 Å². The summed E-state index contributed by atoms with van der Waals surface area (Å²) in [5.41, 5.74) is 7.32. The molecule has 5 heteroatoms. The summed E-state index contributed by atoms with van der Waals surface area (Å²) < 4.78 is 19.5. The monoisotopic (exact) mass is 425 g/mol. The molecular weight excluding hydrogens is 397 g/mol. The summed E-state index contributed by atoms with van der Waals surface area (Å²) in [4.78, 5) is 0. The van der Waals surface area contributed by atoms with Gasteiger partial charge in [-0.2, -0.15) is 0 Å². The van der Waals surface area contributed by atoms with E-state index in [1.807, 2.05) is 39.8 Å². The van der Waals surface area contributed by atoms with Crippen LogP contribution in [0.5, 0.6) is 0 Å². The summed E-state index contributed by atoms with van der Waals surface area (Å²) in [6, 6.07) is 12.5. The number of nitrogens with two attached hydrogens (primary N) is 1. The Kier molecular flexibility index (Phi) is 6.85. The minimum atomic E-state index is -3.88. The minimum absolute atomic E-state index is 0.105. The van der Waals surface area contributed by atoms with Crippen LogP contribution < -0.4 is 9.31 Å². The molecule has 4 nitrogen and oxygen atoms in total. The summed E-state index contributed by atoms with van der Waals surface area (Å²) in [6.07, 6.45) is 0. The van der Waals surface area contributed by atoms with Crippen molar-refractivity contribution in [2.24, 2.45) is 5.73 Å². The summed E-state index contributed by atoms with van der Waals surface area (Å²) in [5, 5.41) is 2.33. The van der Waals surface area contributed by atoms with Crippen LogP contribution in [0.4, 0.5) is 0 Å². The molecular formula is C18H27NO3Sn. The molecule has 0 amide bonds. The topological polar surface area (TPSA) is 53.7 Å². The van der Waals surface area contributed by atoms with Crippen LogP contribution in [0.2, 0.25) is 0 Å². The molecule has 2 rings (SSSR count). The third-order valence-electron chi connectivity index (χ3n) is 3.74. The Morgan fingerprint density at radius 1 is 0.913 bits per heavy atom. The van der Waals surface area contributed by atoms with Gasteiger partial charge in [0.15, 0.2) is 0 Å². The van der Waals surface area contributed by atoms with Gasteiger partial charge in [0.1, 0.15) is 0 Å². The molecule has 2 N–H and O–H groups in total. The molecule has 1 atom stereocenters. The van der Waals surface area contributed by atoms with Crippen LogP contribution in [0.1, 0.15) is 39.3 Å². The van der Waals surface area contributed by atoms with Crippen LogP contribution >= 0.6 is 0 Å². The summed E-state index contributed by atoms with van der Waals surface area (Å²) in [6.45, 7) is 9.65. The Labute approximate surface area is 144 Å². The number of hydrogen-bond donors (Lipinski definition) is 1. The third kappa shape index (κ3) is 4.06. The van der Waals surface area contributed by atoms with Gasteiger partial charge in [0.25, 0.3) is 0 Å². The molecule has 0 aromatic heterocycles. The molecule has 0 saturated carbocycles. The van der Waals surface area contributed by atoms with E-state index in [9.17, 15) is 0 Å². The van der Waals surface area contributed by atoms with Gasteiger partial charge in [-0.3, -0.25) is 0 Å². The second-order valence-electron chi connectivity index (χ2n) is 5.43. The molecule has 0 radical (unpaired) electrons. The van der Waals surface area contributed by atoms with Crippen LogP contribution in [-0.2, 0) is 9.22 Å². The van der Waals surface area contributed by atoms with Crippen LogP contribution in [0.15, 0.2) is 36.4 Å². The molecule has 0 spiro atoms. The Balaban J connectivity index is 2.70. The van der Waals surface area contributed by atoms with E-state index in [2.05, 4.69) is 24.3 Å². The van der Waals surface area contributed by atoms with Crippen molar-refractivity contribution < 1.29 is 9.22 Å². The van der Waals surface area contributed by atoms with Gasteiger partial charge < -0.3 is 0 Å². The first-order chi connectivity index (χ1) is 11.1. The Morgan fingerprint density at radius 2 is 1.39 bits per heavy atom. The van der Waals surface area contributed by atoms with E-state index in [0.29, 0.717) is 19.8 Å². The second-order valence-corrected chi connectivity index (χ2v) is 12.6. The molecule has 0 heterocycles. The molecule has 0 bridgehead atoms. The Bertz CT molecular complexity index is 628. The maximum absolute atomic E-state index is 6.26. The molecule has 126 valence electrons. The predicted molar refractivity (Wildman–Crippen MR) is 96.8 cm³/mol. The molecule has 0 saturated heterocycles. The van der Waals surface area contributed by atoms with Crippen molar-refractivity contribution in [1.29, 1.82) is 0 Å². The van der Waals surface area contributed by atoms with Gasteiger partial charge in [0, 0.05) is 0 Å². The van der Waals surface area contributed by atoms with Gasteiger partial charge in [0.2, 0.25) is 0 Å². The molecule has 2 aromatic carbocycles. The van der Waals surface area contributed by atoms with E-state index in [0.717, 1.165) is 14.5 Å². The Morgan fingerprint density at radius 3 is 1.83 bits per heavy atom. The van der Waals surface area contributed by atoms with E-state index in [4.69, 9.17) is 15.0 Å². The number of hydrogen-bond acceptors (Lipinski definition) is 4. The standard InChI is InChI=1S/C12H12N.3C2H5O.Sn/c1-9(13)11-7-6-10-4-2-3-5-12(10)8-11;3*1-2-3;/h2-6,8-9H,13H2,1H3;3*2H2,1H3;/q;3*-1;+3. The molecule has 0 aliphatic rings. The van der Waals surface area contributed by atoms with Crippen LogP contribution in [0.3, 0.4) is 0 Å². The quantitative estimate of drug-likeness (QED) is 0.662. The van der Waals surface area contributed by atoms with Gasteiger partial charge >= 0.3 is 144 Å². The predicted octanol–water partition coefficient (Wildman–Crippen LogP) is 3.11. The maximum atomic E-state index is 6.26. The van der Waals surface area contributed by atoms with Crippen molar-refractivity contribution in [1.82, 2.24) is 0 Å². The average Bonchev–Trinajstić information content (AvgIpc) is 2.54. The van der Waals surface area contributed by atoms with Gasteiger partial charge in [0.05, 0.1) is 0 Å². The van der Waals surface area contributed by atoms with E-state index in [1.165, 1.54) is 5.39 Å². The fourth-order valence-electron chi connectivity index (χ4n) is 2.83. The van der Waals surface area contributed by atoms with Crippen molar-refractivity contribution in [3.63, 3.8) is 0 Å². The number of fused-ring (bicyclic) bond motifs is 1. The zero-order valence-electron chi connectivity index (χ0n) is 14.5. The third-order valence-corrected chi connectivity index (χ3v) is 12.6. The molecule has 0 aliphatic heterocycles.